The topological polar surface area (TPSA) is 237 Å². The van der Waals surface area contributed by atoms with Crippen molar-refractivity contribution in [1.82, 2.24) is 0 Å². The molecule has 0 spiro atoms. The van der Waals surface area contributed by atoms with E-state index in [1.807, 2.05) is 0 Å². The molecule has 0 aliphatic rings. The molecule has 19 heteroatoms. The van der Waals surface area contributed by atoms with E-state index in [2.05, 4.69) is 41.5 Å². The van der Waals surface area contributed by atoms with Crippen LogP contribution in [0.2, 0.25) is 0 Å². The number of aliphatic hydroxyl groups excluding tert-OH is 1. The first-order chi connectivity index (χ1) is 46.9. The predicted molar refractivity (Wildman–Crippen MR) is 395 cm³/mol. The third kappa shape index (κ3) is 70.9. The molecule has 0 aromatic heterocycles. The Morgan fingerprint density at radius 3 is 0.784 bits per heavy atom. The van der Waals surface area contributed by atoms with Crippen LogP contribution >= 0.6 is 15.6 Å². The second kappa shape index (κ2) is 69.8. The van der Waals surface area contributed by atoms with Crippen molar-refractivity contribution in [2.45, 2.75) is 426 Å². The maximum absolute atomic E-state index is 13.1. The maximum atomic E-state index is 13.1. The summed E-state index contributed by atoms with van der Waals surface area (Å²) in [6.45, 7) is 9.63. The van der Waals surface area contributed by atoms with E-state index < -0.39 is 97.5 Å². The number of hydrogen-bond donors (Lipinski definition) is 3. The van der Waals surface area contributed by atoms with Crippen LogP contribution in [0.15, 0.2) is 0 Å². The molecule has 0 amide bonds. The van der Waals surface area contributed by atoms with Gasteiger partial charge in [-0.15, -0.1) is 0 Å². The molecule has 0 fully saturated rings. The van der Waals surface area contributed by atoms with E-state index in [0.29, 0.717) is 25.7 Å². The SMILES string of the molecule is CCCCCCCCCCCCCCCCCCCCC(=O)O[C@H](COC(=O)CCCCCCCCCCCCCC(C)C)COP(=O)(O)OC[C@@H](O)COP(=O)(O)OC[C@@H](COC(=O)CCCCCCCCCCC(C)CC)OC(=O)CCCCCCCCCCCCCCC. The average molecular weight is 1420 g/mol. The summed E-state index contributed by atoms with van der Waals surface area (Å²) in [4.78, 5) is 72.9. The van der Waals surface area contributed by atoms with Crippen LogP contribution in [0.3, 0.4) is 0 Å². The van der Waals surface area contributed by atoms with Crippen LogP contribution in [0, 0.1) is 11.8 Å². The van der Waals surface area contributed by atoms with Crippen molar-refractivity contribution >= 4 is 39.5 Å². The molecule has 6 atom stereocenters. The summed E-state index contributed by atoms with van der Waals surface area (Å²) >= 11 is 0. The monoisotopic (exact) mass is 1420 g/mol. The van der Waals surface area contributed by atoms with Gasteiger partial charge in [0.15, 0.2) is 12.2 Å². The molecule has 0 saturated heterocycles. The van der Waals surface area contributed by atoms with Gasteiger partial charge in [0.2, 0.25) is 0 Å². The summed E-state index contributed by atoms with van der Waals surface area (Å²) < 4.78 is 68.6. The first-order valence-electron chi connectivity index (χ1n) is 40.5. The highest BCUT2D eigenvalue weighted by atomic mass is 31.2. The Kier molecular flexibility index (Phi) is 68.4. The molecular weight excluding hydrogens is 1270 g/mol. The van der Waals surface area contributed by atoms with E-state index >= 15 is 0 Å². The second-order valence-electron chi connectivity index (χ2n) is 28.8. The van der Waals surface area contributed by atoms with Gasteiger partial charge >= 0.3 is 39.5 Å². The Labute approximate surface area is 594 Å². The van der Waals surface area contributed by atoms with E-state index in [1.54, 1.807) is 0 Å². The summed E-state index contributed by atoms with van der Waals surface area (Å²) in [7, 11) is -9.92. The maximum Gasteiger partial charge on any atom is 0.472 e. The number of rotatable bonds is 77. The minimum Gasteiger partial charge on any atom is -0.462 e. The minimum absolute atomic E-state index is 0.107. The molecule has 17 nitrogen and oxygen atoms in total. The van der Waals surface area contributed by atoms with E-state index in [4.69, 9.17) is 37.0 Å². The number of carbonyl (C=O) groups excluding carboxylic acids is 4. The van der Waals surface area contributed by atoms with Crippen LogP contribution in [0.4, 0.5) is 0 Å². The molecule has 3 N–H and O–H groups in total. The highest BCUT2D eigenvalue weighted by Gasteiger charge is 2.30. The molecule has 97 heavy (non-hydrogen) atoms. The molecule has 0 aromatic rings. The summed E-state index contributed by atoms with van der Waals surface area (Å²) in [6.07, 6.45) is 58.1. The molecule has 0 rings (SSSR count). The van der Waals surface area contributed by atoms with Gasteiger partial charge in [0.1, 0.15) is 19.3 Å². The van der Waals surface area contributed by atoms with E-state index in [1.165, 1.54) is 225 Å². The van der Waals surface area contributed by atoms with Gasteiger partial charge in [0.05, 0.1) is 26.4 Å². The van der Waals surface area contributed by atoms with Gasteiger partial charge < -0.3 is 33.8 Å². The number of esters is 4. The molecule has 576 valence electrons. The van der Waals surface area contributed by atoms with Crippen LogP contribution in [-0.2, 0) is 65.4 Å². The number of hydrogen-bond acceptors (Lipinski definition) is 15. The Morgan fingerprint density at radius 2 is 0.526 bits per heavy atom. The van der Waals surface area contributed by atoms with Crippen molar-refractivity contribution in [3.63, 3.8) is 0 Å². The lowest BCUT2D eigenvalue weighted by molar-refractivity contribution is -0.161. The molecule has 0 heterocycles. The van der Waals surface area contributed by atoms with Gasteiger partial charge in [-0.1, -0.05) is 356 Å². The average Bonchev–Trinajstić information content (AvgIpc) is 1.15. The Hall–Kier alpha value is -1.94. The van der Waals surface area contributed by atoms with Gasteiger partial charge in [-0.25, -0.2) is 9.13 Å². The lowest BCUT2D eigenvalue weighted by Gasteiger charge is -2.21. The molecule has 0 radical (unpaired) electrons. The van der Waals surface area contributed by atoms with Crippen LogP contribution in [0.5, 0.6) is 0 Å². The summed E-state index contributed by atoms with van der Waals surface area (Å²) in [5, 5.41) is 10.6. The molecule has 0 aliphatic carbocycles. The zero-order valence-corrected chi connectivity index (χ0v) is 65.2. The first-order valence-corrected chi connectivity index (χ1v) is 43.5. The fourth-order valence-corrected chi connectivity index (χ4v) is 13.6. The normalized spacial score (nSPS) is 14.2. The molecule has 0 aliphatic heterocycles. The van der Waals surface area contributed by atoms with Gasteiger partial charge in [-0.3, -0.25) is 37.3 Å². The van der Waals surface area contributed by atoms with Crippen molar-refractivity contribution in [1.29, 1.82) is 0 Å². The summed E-state index contributed by atoms with van der Waals surface area (Å²) in [6, 6.07) is 0. The van der Waals surface area contributed by atoms with Gasteiger partial charge in [-0.05, 0) is 37.5 Å². The Balaban J connectivity index is 5.26. The molecular formula is C78H152O17P2. The quantitative estimate of drug-likeness (QED) is 0.0222. The molecule has 0 aromatic carbocycles. The number of carbonyl (C=O) groups is 4. The number of phosphoric acid groups is 2. The van der Waals surface area contributed by atoms with Gasteiger partial charge in [0, 0.05) is 25.7 Å². The van der Waals surface area contributed by atoms with Crippen molar-refractivity contribution < 1.29 is 80.2 Å². The van der Waals surface area contributed by atoms with Gasteiger partial charge in [-0.2, -0.15) is 0 Å². The minimum atomic E-state index is -4.96. The number of aliphatic hydroxyl groups is 1. The van der Waals surface area contributed by atoms with Crippen LogP contribution in [-0.4, -0.2) is 96.7 Å². The molecule has 0 saturated carbocycles. The van der Waals surface area contributed by atoms with Crippen LogP contribution in [0.25, 0.3) is 0 Å². The third-order valence-corrected chi connectivity index (χ3v) is 20.5. The van der Waals surface area contributed by atoms with Crippen molar-refractivity contribution in [2.75, 3.05) is 39.6 Å². The van der Waals surface area contributed by atoms with Crippen LogP contribution < -0.4 is 0 Å². The largest absolute Gasteiger partial charge is 0.472 e. The lowest BCUT2D eigenvalue weighted by Crippen LogP contribution is -2.30. The van der Waals surface area contributed by atoms with E-state index in [9.17, 15) is 43.2 Å². The van der Waals surface area contributed by atoms with Crippen molar-refractivity contribution in [2.24, 2.45) is 11.8 Å². The predicted octanol–water partition coefficient (Wildman–Crippen LogP) is 23.1. The van der Waals surface area contributed by atoms with Crippen LogP contribution in [0.1, 0.15) is 408 Å². The Bertz CT molecular complexity index is 1870. The van der Waals surface area contributed by atoms with E-state index in [-0.39, 0.29) is 25.7 Å². The highest BCUT2D eigenvalue weighted by Crippen LogP contribution is 2.45. The Morgan fingerprint density at radius 1 is 0.299 bits per heavy atom. The molecule has 3 unspecified atom stereocenters. The lowest BCUT2D eigenvalue weighted by atomic mass is 9.99. The summed E-state index contributed by atoms with van der Waals surface area (Å²) in [5.41, 5.74) is 0. The van der Waals surface area contributed by atoms with Gasteiger partial charge in [0.25, 0.3) is 0 Å². The fourth-order valence-electron chi connectivity index (χ4n) is 12.0. The van der Waals surface area contributed by atoms with Crippen molar-refractivity contribution in [3.8, 4) is 0 Å². The number of ether oxygens (including phenoxy) is 4. The zero-order chi connectivity index (χ0) is 71.4. The zero-order valence-electron chi connectivity index (χ0n) is 63.4. The third-order valence-electron chi connectivity index (χ3n) is 18.6. The smallest absolute Gasteiger partial charge is 0.462 e. The van der Waals surface area contributed by atoms with E-state index in [0.717, 1.165) is 102 Å². The molecule has 0 bridgehead atoms. The first kappa shape index (κ1) is 95.1. The van der Waals surface area contributed by atoms with Crippen molar-refractivity contribution in [3.05, 3.63) is 0 Å². The highest BCUT2D eigenvalue weighted by molar-refractivity contribution is 7.47. The standard InChI is InChI=1S/C78H152O17P2/c1-7-10-12-14-16-18-20-22-23-24-25-26-28-32-37-45-51-57-63-78(83)94-73(66-88-75(80)60-54-48-42-35-33-29-30-34-40-46-52-58-70(4)5)68-92-96(84,85)90-64-72(79)65-91-97(86,87)93-69-74(67-89-76(81)61-55-49-43-39-38-41-47-53-59-71(6)9-3)95-77(82)62-56-50-44-36-31-27-21-19-17-15-13-11-8-2/h70-74,79H,7-69H2,1-6H3,(H,84,85)(H,86,87)/t71?,72-,73-,74-/m1/s1. The number of unbranched alkanes of at least 4 members (excludes halogenated alkanes) is 46. The second-order valence-corrected chi connectivity index (χ2v) is 31.7. The number of phosphoric ester groups is 2. The summed E-state index contributed by atoms with van der Waals surface area (Å²) in [5.74, 6) is -0.562. The fraction of sp³-hybridized carbons (Fsp3) is 0.949.